The van der Waals surface area contributed by atoms with Crippen molar-refractivity contribution in [1.29, 1.82) is 0 Å². The second-order valence-corrected chi connectivity index (χ2v) is 26.7. The van der Waals surface area contributed by atoms with Gasteiger partial charge < -0.3 is 0 Å². The van der Waals surface area contributed by atoms with E-state index in [1.165, 1.54) is 137 Å². The summed E-state index contributed by atoms with van der Waals surface area (Å²) in [5.74, 6) is -5.31. The Labute approximate surface area is 761 Å². The molecular formula is C120H154F4N2. The van der Waals surface area contributed by atoms with Gasteiger partial charge in [0.15, 0.2) is 23.3 Å². The number of nitrogens with zero attached hydrogens (tertiary/aromatic N) is 2. The van der Waals surface area contributed by atoms with E-state index in [1.807, 2.05) is 209 Å². The third-order valence-corrected chi connectivity index (χ3v) is 19.0. The quantitative estimate of drug-likeness (QED) is 0.0930. The first kappa shape index (κ1) is 116. The number of halogens is 4. The SMILES string of the molecule is CC.CC.CC.CC.CC.CC.CC.CC.CC.CC.Cc1c(F)c(F)c(C)c(F)c1F.Cc1c2ccccc2c(C)c2ccccc12.Cc1c2ccccc2c(C)c2ccccc12.Cc1ccc(C)c2ccccc12.Cc1ccc(C)nc1.Cc1cccc(C)n1.Cc1cccc2c(C)cccc12.c1ccc(-c2ccccc2)cc1.c1ccc2ccccc2c1. The molecule has 126 heavy (non-hydrogen) atoms. The fourth-order valence-electron chi connectivity index (χ4n) is 12.8. The van der Waals surface area contributed by atoms with Gasteiger partial charge in [-0.05, 0) is 252 Å². The van der Waals surface area contributed by atoms with Gasteiger partial charge in [0.1, 0.15) is 0 Å². The predicted octanol–water partition coefficient (Wildman–Crippen LogP) is 38.8. The van der Waals surface area contributed by atoms with E-state index in [0.29, 0.717) is 0 Å². The fraction of sp³-hybridized carbons (Fsp3) is 0.283. The standard InChI is InChI=1S/2C16H14.2C12H12.C12H10.C10H8.C8H6F4.2C7H9N.10C2H6/c2*1-11-13-7-3-5-9-15(13)12(2)16-10-6-4-8-14(11)16;1-9-5-3-8-12-10(2)6-4-7-11(9)12;1-9-7-8-10(2)12-6-4-3-5-11(9)12;1-3-7-11(8-4-1)12-9-5-2-6-10-12;1-2-6-10-8-4-3-7-9(10)5-1;1-3-5(9)7(11)4(2)8(12)6(3)10;1-6-3-4-7(2)8-5-6;1-6-4-3-5-7(2)8-6;10*1-2/h2*3-10H,1-2H3;2*3-8H,1-2H3;1-10H;1-8H;1-2H3;2*3-5H,1-2H3;10*1-2H3. The van der Waals surface area contributed by atoms with Crippen molar-refractivity contribution in [2.75, 3.05) is 0 Å². The molecule has 672 valence electrons. The number of hydrogen-bond donors (Lipinski definition) is 0. The Bertz CT molecular complexity index is 5030. The first-order valence-corrected chi connectivity index (χ1v) is 45.9. The van der Waals surface area contributed by atoms with Gasteiger partial charge in [0.2, 0.25) is 0 Å². The second kappa shape index (κ2) is 68.5. The topological polar surface area (TPSA) is 25.8 Å². The molecular weight excluding hydrogens is 1550 g/mol. The average Bonchev–Trinajstić information content (AvgIpc) is 0.777. The number of aromatic nitrogens is 2. The van der Waals surface area contributed by atoms with Crippen LogP contribution in [-0.2, 0) is 0 Å². The maximum absolute atomic E-state index is 12.7. The van der Waals surface area contributed by atoms with E-state index in [1.54, 1.807) is 0 Å². The van der Waals surface area contributed by atoms with Gasteiger partial charge in [-0.15, -0.1) is 0 Å². The van der Waals surface area contributed by atoms with Crippen LogP contribution in [0.4, 0.5) is 17.6 Å². The molecule has 17 aromatic rings. The number of aryl methyl sites for hydroxylation is 12. The van der Waals surface area contributed by atoms with Crippen LogP contribution in [0, 0.1) is 120 Å². The normalized spacial score (nSPS) is 9.19. The van der Waals surface area contributed by atoms with Crippen LogP contribution in [0.25, 0.3) is 86.5 Å². The summed E-state index contributed by atoms with van der Waals surface area (Å²) in [6.07, 6.45) is 1.87. The smallest absolute Gasteiger partial charge is 0.165 e. The summed E-state index contributed by atoms with van der Waals surface area (Å²) in [4.78, 5) is 8.25. The third kappa shape index (κ3) is 36.8. The Hall–Kier alpha value is -11.9. The summed E-state index contributed by atoms with van der Waals surface area (Å²) in [5, 5.41) is 19.1. The molecule has 2 heterocycles. The van der Waals surface area contributed by atoms with Crippen molar-refractivity contribution < 1.29 is 17.6 Å². The van der Waals surface area contributed by atoms with E-state index in [-0.39, 0.29) is 0 Å². The molecule has 0 unspecified atom stereocenters. The number of hydrogen-bond acceptors (Lipinski definition) is 2. The monoisotopic (exact) mass is 1700 g/mol. The van der Waals surface area contributed by atoms with Crippen LogP contribution >= 0.6 is 0 Å². The van der Waals surface area contributed by atoms with E-state index in [0.717, 1.165) is 30.9 Å². The molecule has 0 amide bonds. The number of benzene rings is 15. The van der Waals surface area contributed by atoms with Gasteiger partial charge in [0, 0.05) is 34.4 Å². The molecule has 0 aliphatic carbocycles. The van der Waals surface area contributed by atoms with E-state index in [2.05, 4.69) is 338 Å². The zero-order valence-corrected chi connectivity index (χ0v) is 83.4. The summed E-state index contributed by atoms with van der Waals surface area (Å²) in [5.41, 5.74) is 16.7. The molecule has 0 saturated carbocycles. The van der Waals surface area contributed by atoms with Crippen molar-refractivity contribution in [2.24, 2.45) is 0 Å². The first-order valence-electron chi connectivity index (χ1n) is 45.9. The summed E-state index contributed by atoms with van der Waals surface area (Å²) >= 11 is 0. The Morgan fingerprint density at radius 3 is 0.571 bits per heavy atom. The minimum atomic E-state index is -1.33. The number of fused-ring (bicyclic) bond motifs is 7. The molecule has 2 nitrogen and oxygen atoms in total. The van der Waals surface area contributed by atoms with Crippen molar-refractivity contribution in [3.8, 4) is 11.1 Å². The molecule has 0 spiro atoms. The minimum Gasteiger partial charge on any atom is -0.261 e. The van der Waals surface area contributed by atoms with E-state index in [4.69, 9.17) is 0 Å². The highest BCUT2D eigenvalue weighted by Gasteiger charge is 2.20. The van der Waals surface area contributed by atoms with E-state index < -0.39 is 34.4 Å². The molecule has 0 N–H and O–H groups in total. The van der Waals surface area contributed by atoms with Crippen molar-refractivity contribution >= 4 is 75.4 Å². The Kier molecular flexibility index (Phi) is 63.1. The van der Waals surface area contributed by atoms with Crippen LogP contribution in [0.3, 0.4) is 0 Å². The van der Waals surface area contributed by atoms with Gasteiger partial charge in [-0.25, -0.2) is 17.6 Å². The summed E-state index contributed by atoms with van der Waals surface area (Å²) in [6, 6.07) is 108. The molecule has 0 atom stereocenters. The molecule has 0 bridgehead atoms. The summed E-state index contributed by atoms with van der Waals surface area (Å²) in [7, 11) is 0. The van der Waals surface area contributed by atoms with Crippen molar-refractivity contribution in [3.05, 3.63) is 417 Å². The predicted molar refractivity (Wildman–Crippen MR) is 561 cm³/mol. The van der Waals surface area contributed by atoms with Crippen LogP contribution in [0.5, 0.6) is 0 Å². The zero-order valence-electron chi connectivity index (χ0n) is 83.4. The second-order valence-electron chi connectivity index (χ2n) is 26.7. The lowest BCUT2D eigenvalue weighted by molar-refractivity contribution is 0.436. The molecule has 0 radical (unpaired) electrons. The highest BCUT2D eigenvalue weighted by Crippen LogP contribution is 2.34. The van der Waals surface area contributed by atoms with E-state index in [9.17, 15) is 17.6 Å². The molecule has 0 saturated heterocycles. The minimum absolute atomic E-state index is 0.629. The highest BCUT2D eigenvalue weighted by atomic mass is 19.2. The maximum Gasteiger partial charge on any atom is 0.165 e. The molecule has 6 heteroatoms. The van der Waals surface area contributed by atoms with Gasteiger partial charge in [-0.2, -0.15) is 0 Å². The lowest BCUT2D eigenvalue weighted by atomic mass is 9.93. The van der Waals surface area contributed by atoms with Gasteiger partial charge in [0.05, 0.1) is 0 Å². The zero-order chi connectivity index (χ0) is 95.8. The molecule has 15 aromatic carbocycles. The maximum atomic E-state index is 12.7. The largest absolute Gasteiger partial charge is 0.261 e. The van der Waals surface area contributed by atoms with Crippen molar-refractivity contribution in [1.82, 2.24) is 9.97 Å². The van der Waals surface area contributed by atoms with Crippen LogP contribution in [0.15, 0.2) is 316 Å². The van der Waals surface area contributed by atoms with Gasteiger partial charge in [0.25, 0.3) is 0 Å². The molecule has 2 aromatic heterocycles. The number of rotatable bonds is 1. The molecule has 17 rings (SSSR count). The third-order valence-electron chi connectivity index (χ3n) is 19.0. The Balaban J connectivity index is 0. The Morgan fingerprint density at radius 1 is 0.167 bits per heavy atom. The van der Waals surface area contributed by atoms with Crippen LogP contribution in [0.2, 0.25) is 0 Å². The van der Waals surface area contributed by atoms with Gasteiger partial charge >= 0.3 is 0 Å². The summed E-state index contributed by atoms with van der Waals surface area (Å²) < 4.78 is 50.6. The first-order chi connectivity index (χ1) is 61.1. The van der Waals surface area contributed by atoms with Crippen LogP contribution < -0.4 is 0 Å². The van der Waals surface area contributed by atoms with Crippen LogP contribution in [-0.4, -0.2) is 9.97 Å². The van der Waals surface area contributed by atoms with E-state index >= 15 is 0 Å². The summed E-state index contributed by atoms with van der Waals surface area (Å²) in [6.45, 7) is 67.4. The average molecular weight is 1700 g/mol. The van der Waals surface area contributed by atoms with Crippen LogP contribution in [0.1, 0.15) is 217 Å². The van der Waals surface area contributed by atoms with Crippen molar-refractivity contribution in [2.45, 2.75) is 235 Å². The van der Waals surface area contributed by atoms with Gasteiger partial charge in [-0.1, -0.05) is 430 Å². The lowest BCUT2D eigenvalue weighted by Crippen LogP contribution is -2.02. The van der Waals surface area contributed by atoms with Crippen molar-refractivity contribution in [3.63, 3.8) is 0 Å². The molecule has 0 fully saturated rings. The highest BCUT2D eigenvalue weighted by molar-refractivity contribution is 6.06. The fourth-order valence-corrected chi connectivity index (χ4v) is 12.8. The molecule has 0 aliphatic rings. The number of pyridine rings is 2. The lowest BCUT2D eigenvalue weighted by Gasteiger charge is -2.11. The molecule has 0 aliphatic heterocycles. The van der Waals surface area contributed by atoms with Gasteiger partial charge in [-0.3, -0.25) is 9.97 Å². The Morgan fingerprint density at radius 2 is 0.365 bits per heavy atom.